The van der Waals surface area contributed by atoms with Crippen LogP contribution in [0.2, 0.25) is 0 Å². The number of carbonyl (C=O) groups excluding carboxylic acids is 5. The van der Waals surface area contributed by atoms with Crippen molar-refractivity contribution in [3.8, 4) is 11.5 Å². The number of ether oxygens (including phenoxy) is 4. The van der Waals surface area contributed by atoms with E-state index in [1.807, 2.05) is 0 Å². The van der Waals surface area contributed by atoms with Gasteiger partial charge in [0.1, 0.15) is 29.0 Å². The van der Waals surface area contributed by atoms with Crippen molar-refractivity contribution in [3.05, 3.63) is 115 Å². The standard InChI is InChI=1S/C62H75F4N5O13/c1-29-13-12-14-30(2)58(79)68-46-49(69-21-17-39(18-22-69)67-27-61(62(64,65)66)20-23-70(28-61)48-33(5)47-40(38-15-16-38)25-31(3)59(80)71(47)26-41(48)63)54(77)43-44(53(46)76)52(75)36(8)56-45(43)57(78)60(10,84-56)82-24-19-42(81-11)32(4)55(83-37(9)72)35(7)51(74)34(6)50(29)73/h12-14,19,24-26,29,32,34-35,38-39,42,50-51,55,67,73-75H,15-18,20-23,27-28H2,1-11H3,(H,68,79)/b13-12+,24-19+,30-14-/t29-,32+,34+,35+,42-,50-,51+,55+,60-,61?/m0/s1. The summed E-state index contributed by atoms with van der Waals surface area (Å²) in [6, 6.07) is 1.24. The summed E-state index contributed by atoms with van der Waals surface area (Å²) in [6.07, 6.45) is 0.880. The molecule has 1 aromatic carbocycles. The van der Waals surface area contributed by atoms with Crippen LogP contribution in [0.1, 0.15) is 140 Å². The number of rotatable bonds is 8. The number of amides is 1. The number of Topliss-reactive ketones (excluding diaryl/α,β-unsaturated/α-hetero) is 3. The van der Waals surface area contributed by atoms with Crippen LogP contribution in [0.15, 0.2) is 64.6 Å². The van der Waals surface area contributed by atoms with Gasteiger partial charge in [-0.1, -0.05) is 45.9 Å². The van der Waals surface area contributed by atoms with Gasteiger partial charge in [0.25, 0.3) is 17.2 Å². The van der Waals surface area contributed by atoms with Crippen LogP contribution in [0.25, 0.3) is 5.52 Å². The van der Waals surface area contributed by atoms with Gasteiger partial charge in [-0.15, -0.1) is 0 Å². The maximum Gasteiger partial charge on any atom is 0.397 e. The van der Waals surface area contributed by atoms with Gasteiger partial charge in [-0.25, -0.2) is 4.39 Å². The van der Waals surface area contributed by atoms with Crippen LogP contribution in [-0.4, -0.2) is 136 Å². The van der Waals surface area contributed by atoms with Crippen LogP contribution in [0.4, 0.5) is 23.2 Å². The van der Waals surface area contributed by atoms with Crippen LogP contribution < -0.4 is 25.8 Å². The summed E-state index contributed by atoms with van der Waals surface area (Å²) in [5.41, 5.74) is -2.86. The van der Waals surface area contributed by atoms with Crippen molar-refractivity contribution in [1.82, 2.24) is 19.9 Å². The van der Waals surface area contributed by atoms with E-state index in [0.717, 1.165) is 30.9 Å². The Hall–Kier alpha value is -6.88. The molecule has 2 aromatic heterocycles. The largest absolute Gasteiger partial charge is 0.507 e. The number of nitrogens with zero attached hydrogens (tertiary/aromatic N) is 3. The van der Waals surface area contributed by atoms with Gasteiger partial charge < -0.3 is 54.7 Å². The molecule has 10 atom stereocenters. The molecule has 5 bridgehead atoms. The van der Waals surface area contributed by atoms with E-state index in [1.54, 1.807) is 53.7 Å². The number of aliphatic hydroxyl groups excluding tert-OH is 2. The number of methoxy groups -OCH3 is 1. The van der Waals surface area contributed by atoms with E-state index in [0.29, 0.717) is 16.6 Å². The molecule has 3 fully saturated rings. The number of aromatic hydroxyl groups is 1. The maximum absolute atomic E-state index is 16.2. The average Bonchev–Trinajstić information content (AvgIpc) is 1.49. The Balaban J connectivity index is 1.02. The molecular weight excluding hydrogens is 1100 g/mol. The summed E-state index contributed by atoms with van der Waals surface area (Å²) in [5, 5.41) is 40.7. The zero-order chi connectivity index (χ0) is 61.4. The fraction of sp³-hybridized carbons (Fsp3) is 0.548. The number of likely N-dealkylation sites (tertiary alicyclic amines) is 1. The van der Waals surface area contributed by atoms with E-state index in [-0.39, 0.29) is 78.6 Å². The zero-order valence-electron chi connectivity index (χ0n) is 49.2. The number of pyridine rings is 2. The maximum atomic E-state index is 16.2. The molecule has 18 nitrogen and oxygen atoms in total. The molecule has 1 unspecified atom stereocenters. The Morgan fingerprint density at radius 3 is 2.19 bits per heavy atom. The molecule has 0 radical (unpaired) electrons. The minimum Gasteiger partial charge on any atom is -0.507 e. The van der Waals surface area contributed by atoms with E-state index in [1.165, 1.54) is 67.2 Å². The lowest BCUT2D eigenvalue weighted by molar-refractivity contribution is -0.215. The SMILES string of the molecule is CO[C@H]1/C=C/O[C@@]2(C)Oc3c(C)c(O)c4c(c3C2=O)C(=O)C(N2CCC(NCC3(C(F)(F)F)CCN(c5c(F)cn6c(=O)c(C)cc(C7CC7)c6c5C)C3)CC2)=C(NC(=O)/C(C)=C\C=C\[C@H](C)[C@H](O)[C@@H](C)[C@@H](O)[C@@H](C)[C@H](OC(C)=O)[C@@H]1C)C4=O. The number of hydrogen-bond donors (Lipinski definition) is 5. The number of aromatic nitrogens is 1. The first-order valence-electron chi connectivity index (χ1n) is 28.7. The molecule has 7 heterocycles. The predicted octanol–water partition coefficient (Wildman–Crippen LogP) is 7.72. The van der Waals surface area contributed by atoms with Gasteiger partial charge in [0.15, 0.2) is 5.82 Å². The number of phenolic OH excluding ortho intramolecular Hbond substituents is 1. The molecular formula is C62H75F4N5O13. The second kappa shape index (κ2) is 23.2. The van der Waals surface area contributed by atoms with E-state index >= 15 is 27.2 Å². The number of phenols is 1. The number of benzene rings is 1. The lowest BCUT2D eigenvalue weighted by atomic mass is 9.78. The number of alkyl halides is 3. The number of piperidine rings is 1. The first kappa shape index (κ1) is 61.7. The monoisotopic (exact) mass is 1170 g/mol. The smallest absolute Gasteiger partial charge is 0.397 e. The third-order valence-electron chi connectivity index (χ3n) is 18.4. The van der Waals surface area contributed by atoms with E-state index < -0.39 is 148 Å². The fourth-order valence-corrected chi connectivity index (χ4v) is 13.0. The Kier molecular flexibility index (Phi) is 17.0. The number of aryl methyl sites for hydroxylation is 2. The Morgan fingerprint density at radius 2 is 1.56 bits per heavy atom. The molecule has 1 amide bonds. The number of nitrogens with one attached hydrogen (secondary N) is 2. The molecule has 5 N–H and O–H groups in total. The highest BCUT2D eigenvalue weighted by Crippen LogP contribution is 2.51. The van der Waals surface area contributed by atoms with Crippen LogP contribution in [0, 0.1) is 55.7 Å². The number of halogens is 4. The van der Waals surface area contributed by atoms with Crippen LogP contribution in [0.3, 0.4) is 0 Å². The number of ketones is 3. The van der Waals surface area contributed by atoms with Gasteiger partial charge in [-0.3, -0.25) is 33.2 Å². The molecule has 10 rings (SSSR count). The third-order valence-corrected chi connectivity index (χ3v) is 18.4. The van der Waals surface area contributed by atoms with Crippen molar-refractivity contribution < 1.29 is 75.8 Å². The van der Waals surface area contributed by atoms with E-state index in [2.05, 4.69) is 10.6 Å². The summed E-state index contributed by atoms with van der Waals surface area (Å²) in [7, 11) is 1.39. The second-order valence-electron chi connectivity index (χ2n) is 24.1. The lowest BCUT2D eigenvalue weighted by Crippen LogP contribution is -2.52. The van der Waals surface area contributed by atoms with Gasteiger partial charge in [-0.2, -0.15) is 13.2 Å². The third kappa shape index (κ3) is 11.0. The second-order valence-corrected chi connectivity index (χ2v) is 24.1. The molecule has 5 aliphatic heterocycles. The molecule has 2 aliphatic carbocycles. The van der Waals surface area contributed by atoms with Crippen molar-refractivity contribution in [2.75, 3.05) is 44.7 Å². The Morgan fingerprint density at radius 1 is 0.881 bits per heavy atom. The van der Waals surface area contributed by atoms with E-state index in [4.69, 9.17) is 18.9 Å². The lowest BCUT2D eigenvalue weighted by Gasteiger charge is -2.39. The number of carbonyl (C=O) groups is 5. The number of anilines is 1. The highest BCUT2D eigenvalue weighted by Gasteiger charge is 2.59. The summed E-state index contributed by atoms with van der Waals surface area (Å²) in [5.74, 6) is -11.0. The number of aliphatic hydroxyl groups is 2. The van der Waals surface area contributed by atoms with Crippen LogP contribution >= 0.6 is 0 Å². The molecule has 3 aromatic rings. The summed E-state index contributed by atoms with van der Waals surface area (Å²) >= 11 is 0. The van der Waals surface area contributed by atoms with Crippen LogP contribution in [-0.2, 0) is 23.8 Å². The van der Waals surface area contributed by atoms with Gasteiger partial charge in [-0.05, 0) is 89.0 Å². The molecule has 2 saturated heterocycles. The van der Waals surface area contributed by atoms with Crippen molar-refractivity contribution in [3.63, 3.8) is 0 Å². The normalized spacial score (nSPS) is 30.8. The minimum absolute atomic E-state index is 0.0196. The van der Waals surface area contributed by atoms with Crippen molar-refractivity contribution in [2.45, 2.75) is 150 Å². The number of allylic oxidation sites excluding steroid dienone is 4. The van der Waals surface area contributed by atoms with Crippen molar-refractivity contribution in [1.29, 1.82) is 0 Å². The van der Waals surface area contributed by atoms with Gasteiger partial charge >= 0.3 is 17.9 Å². The highest BCUT2D eigenvalue weighted by atomic mass is 19.4. The number of hydrogen-bond acceptors (Lipinski definition) is 16. The fourth-order valence-electron chi connectivity index (χ4n) is 13.0. The highest BCUT2D eigenvalue weighted by molar-refractivity contribution is 6.32. The Bertz CT molecular complexity index is 3390. The molecule has 7 aliphatic rings. The Labute approximate surface area is 484 Å². The van der Waals surface area contributed by atoms with Gasteiger partial charge in [0, 0.05) is 100 Å². The van der Waals surface area contributed by atoms with E-state index in [9.17, 15) is 34.5 Å². The molecule has 454 valence electrons. The predicted molar refractivity (Wildman–Crippen MR) is 301 cm³/mol. The first-order valence-corrected chi connectivity index (χ1v) is 28.7. The summed E-state index contributed by atoms with van der Waals surface area (Å²) in [4.78, 5) is 88.0. The molecule has 1 saturated carbocycles. The number of esters is 1. The topological polar surface area (TPSA) is 235 Å². The first-order chi connectivity index (χ1) is 39.5. The van der Waals surface area contributed by atoms with Crippen molar-refractivity contribution in [2.24, 2.45) is 29.1 Å². The molecule has 0 spiro atoms. The molecule has 84 heavy (non-hydrogen) atoms. The minimum atomic E-state index is -4.73. The average molecular weight is 1170 g/mol. The summed E-state index contributed by atoms with van der Waals surface area (Å²) < 4.78 is 87.6. The number of fused-ring (bicyclic) bond motifs is 15. The quantitative estimate of drug-likeness (QED) is 0.107. The van der Waals surface area contributed by atoms with Gasteiger partial charge in [0.2, 0.25) is 11.6 Å². The molecule has 22 heteroatoms. The zero-order valence-corrected chi connectivity index (χ0v) is 49.2. The van der Waals surface area contributed by atoms with Crippen LogP contribution in [0.5, 0.6) is 11.5 Å². The van der Waals surface area contributed by atoms with Gasteiger partial charge in [0.05, 0.1) is 64.1 Å². The van der Waals surface area contributed by atoms with Crippen molar-refractivity contribution >= 4 is 40.4 Å². The summed E-state index contributed by atoms with van der Waals surface area (Å²) in [6.45, 7) is 14.1.